The Balaban J connectivity index is 1.74. The van der Waals surface area contributed by atoms with Crippen LogP contribution in [0.25, 0.3) is 17.4 Å². The minimum absolute atomic E-state index is 0.105. The van der Waals surface area contributed by atoms with Gasteiger partial charge in [0.2, 0.25) is 0 Å². The molecule has 1 aromatic carbocycles. The quantitative estimate of drug-likeness (QED) is 0.580. The van der Waals surface area contributed by atoms with Gasteiger partial charge < -0.3 is 15.0 Å². The number of fused-ring (bicyclic) bond motifs is 1. The zero-order valence-corrected chi connectivity index (χ0v) is 21.0. The summed E-state index contributed by atoms with van der Waals surface area (Å²) in [5.41, 5.74) is 2.45. The third-order valence-corrected chi connectivity index (χ3v) is 6.20. The van der Waals surface area contributed by atoms with Crippen LogP contribution in [0.1, 0.15) is 51.2 Å². The van der Waals surface area contributed by atoms with Crippen molar-refractivity contribution >= 4 is 29.1 Å². The van der Waals surface area contributed by atoms with E-state index in [4.69, 9.17) is 4.74 Å². The first-order valence-electron chi connectivity index (χ1n) is 12.2. The average molecular weight is 489 g/mol. The molecule has 1 unspecified atom stereocenters. The van der Waals surface area contributed by atoms with Crippen molar-refractivity contribution in [2.45, 2.75) is 58.2 Å². The van der Waals surface area contributed by atoms with E-state index in [-0.39, 0.29) is 18.3 Å². The maximum absolute atomic E-state index is 13.4. The Hall–Kier alpha value is -4.06. The molecule has 0 spiro atoms. The maximum Gasteiger partial charge on any atom is 0.407 e. The summed E-state index contributed by atoms with van der Waals surface area (Å²) in [4.78, 5) is 32.5. The first-order valence-corrected chi connectivity index (χ1v) is 12.2. The van der Waals surface area contributed by atoms with Gasteiger partial charge in [0.05, 0.1) is 23.9 Å². The van der Waals surface area contributed by atoms with Crippen LogP contribution in [0, 0.1) is 11.3 Å². The average Bonchev–Trinajstić information content (AvgIpc) is 2.96. The number of rotatable bonds is 5. The summed E-state index contributed by atoms with van der Waals surface area (Å²) in [7, 11) is 0. The fourth-order valence-electron chi connectivity index (χ4n) is 4.64. The van der Waals surface area contributed by atoms with E-state index in [0.29, 0.717) is 23.3 Å². The molecule has 2 aromatic heterocycles. The highest BCUT2D eigenvalue weighted by molar-refractivity contribution is 5.88. The molecule has 0 aliphatic carbocycles. The number of aromatic nitrogens is 3. The Morgan fingerprint density at radius 1 is 1.31 bits per heavy atom. The molecule has 188 valence electrons. The molecule has 0 bridgehead atoms. The Morgan fingerprint density at radius 3 is 2.81 bits per heavy atom. The lowest BCUT2D eigenvalue weighted by molar-refractivity contribution is 0.0504. The molecule has 1 aliphatic rings. The summed E-state index contributed by atoms with van der Waals surface area (Å²) in [6.07, 6.45) is 5.45. The predicted molar refractivity (Wildman–Crippen MR) is 140 cm³/mol. The predicted octanol–water partition coefficient (Wildman–Crippen LogP) is 4.10. The number of carbonyl (C=O) groups is 1. The number of carbonyl (C=O) groups excluding carboxylic acids is 1. The van der Waals surface area contributed by atoms with Crippen molar-refractivity contribution in [3.05, 3.63) is 64.7 Å². The number of anilines is 1. The fraction of sp³-hybridized carbons (Fsp3) is 0.407. The number of imidazole rings is 1. The monoisotopic (exact) mass is 488 g/mol. The van der Waals surface area contributed by atoms with Gasteiger partial charge in [0.15, 0.2) is 5.65 Å². The van der Waals surface area contributed by atoms with Crippen LogP contribution in [0.2, 0.25) is 0 Å². The molecule has 1 atom stereocenters. The van der Waals surface area contributed by atoms with E-state index in [9.17, 15) is 14.9 Å². The molecule has 3 heterocycles. The van der Waals surface area contributed by atoms with E-state index >= 15 is 0 Å². The second-order valence-electron chi connectivity index (χ2n) is 9.98. The number of benzene rings is 1. The van der Waals surface area contributed by atoms with Crippen LogP contribution < -0.4 is 15.9 Å². The minimum Gasteiger partial charge on any atom is -0.444 e. The van der Waals surface area contributed by atoms with Gasteiger partial charge in [-0.25, -0.2) is 14.6 Å². The smallest absolute Gasteiger partial charge is 0.407 e. The highest BCUT2D eigenvalue weighted by Crippen LogP contribution is 2.28. The van der Waals surface area contributed by atoms with Gasteiger partial charge in [0, 0.05) is 31.5 Å². The topological polar surface area (TPSA) is 105 Å². The Morgan fingerprint density at radius 2 is 2.08 bits per heavy atom. The molecular weight excluding hydrogens is 456 g/mol. The van der Waals surface area contributed by atoms with Crippen molar-refractivity contribution in [2.24, 2.45) is 0 Å². The number of alkyl carbamates (subject to hydrolysis) is 1. The molecule has 1 saturated heterocycles. The highest BCUT2D eigenvalue weighted by atomic mass is 16.6. The summed E-state index contributed by atoms with van der Waals surface area (Å²) in [5, 5.41) is 12.6. The highest BCUT2D eigenvalue weighted by Gasteiger charge is 2.26. The number of hydrogen-bond acceptors (Lipinski definition) is 6. The number of nitriles is 1. The van der Waals surface area contributed by atoms with E-state index in [1.54, 1.807) is 22.9 Å². The summed E-state index contributed by atoms with van der Waals surface area (Å²) in [5.74, 6) is 0. The Bertz CT molecular complexity index is 1370. The summed E-state index contributed by atoms with van der Waals surface area (Å²) < 4.78 is 8.55. The number of ether oxygens (including phenoxy) is 1. The van der Waals surface area contributed by atoms with Gasteiger partial charge >= 0.3 is 11.8 Å². The van der Waals surface area contributed by atoms with Crippen LogP contribution in [0.15, 0.2) is 47.9 Å². The second-order valence-corrected chi connectivity index (χ2v) is 9.98. The van der Waals surface area contributed by atoms with E-state index in [1.165, 1.54) is 10.8 Å². The number of hydrogen-bond donors (Lipinski definition) is 1. The first-order chi connectivity index (χ1) is 17.2. The molecular formula is C27H32N6O3. The lowest BCUT2D eigenvalue weighted by atomic mass is 10.1. The zero-order chi connectivity index (χ0) is 25.9. The third-order valence-electron chi connectivity index (χ3n) is 6.20. The number of pyridine rings is 1. The van der Waals surface area contributed by atoms with Gasteiger partial charge in [-0.1, -0.05) is 24.8 Å². The van der Waals surface area contributed by atoms with Crippen LogP contribution >= 0.6 is 0 Å². The number of amides is 1. The zero-order valence-electron chi connectivity index (χ0n) is 21.0. The molecule has 36 heavy (non-hydrogen) atoms. The van der Waals surface area contributed by atoms with Crippen molar-refractivity contribution in [2.75, 3.05) is 18.0 Å². The summed E-state index contributed by atoms with van der Waals surface area (Å²) in [6, 6.07) is 11.3. The first kappa shape index (κ1) is 25.0. The summed E-state index contributed by atoms with van der Waals surface area (Å²) in [6.45, 7) is 10.9. The number of nitrogens with one attached hydrogen (secondary N) is 1. The fourth-order valence-corrected chi connectivity index (χ4v) is 4.64. The molecule has 0 saturated carbocycles. The third kappa shape index (κ3) is 5.28. The van der Waals surface area contributed by atoms with Crippen molar-refractivity contribution in [3.8, 4) is 6.07 Å². The lowest BCUT2D eigenvalue weighted by Crippen LogP contribution is -2.44. The number of nitrogens with zero attached hydrogens (tertiary/aromatic N) is 5. The van der Waals surface area contributed by atoms with Crippen LogP contribution in [-0.2, 0) is 11.3 Å². The molecule has 9 nitrogen and oxygen atoms in total. The van der Waals surface area contributed by atoms with Gasteiger partial charge in [-0.3, -0.25) is 9.13 Å². The molecule has 9 heteroatoms. The van der Waals surface area contributed by atoms with Crippen LogP contribution in [0.4, 0.5) is 10.5 Å². The van der Waals surface area contributed by atoms with Gasteiger partial charge in [-0.2, -0.15) is 5.26 Å². The molecule has 1 fully saturated rings. The minimum atomic E-state index is -0.574. The summed E-state index contributed by atoms with van der Waals surface area (Å²) >= 11 is 0. The van der Waals surface area contributed by atoms with Crippen LogP contribution in [-0.4, -0.2) is 44.9 Å². The van der Waals surface area contributed by atoms with Gasteiger partial charge in [0.1, 0.15) is 11.1 Å². The standard InChI is InChI=1S/C27H32N6O3/c1-5-32-24-23(33(26(32)35)17-20-11-7-6-10-19(20)16-28)22(13-14-29-24)31-15-9-8-12-21(18-31)30-25(34)36-27(2,3)4/h5-7,10-11,13-14,21H,1,8-9,12,15,17-18H2,2-4H3,(H,30,34). The molecule has 4 rings (SSSR count). The van der Waals surface area contributed by atoms with Crippen molar-refractivity contribution < 1.29 is 9.53 Å². The molecule has 1 amide bonds. The van der Waals surface area contributed by atoms with Gasteiger partial charge in [-0.15, -0.1) is 0 Å². The SMILES string of the molecule is C=Cn1c(=O)n(Cc2ccccc2C#N)c2c(N3CCCCC(NC(=O)OC(C)(C)C)C3)ccnc21. The normalized spacial score (nSPS) is 16.3. The largest absolute Gasteiger partial charge is 0.444 e. The Kier molecular flexibility index (Phi) is 7.15. The second kappa shape index (κ2) is 10.3. The van der Waals surface area contributed by atoms with Gasteiger partial charge in [-0.05, 0) is 57.7 Å². The maximum atomic E-state index is 13.4. The molecule has 1 N–H and O–H groups in total. The van der Waals surface area contributed by atoms with Crippen molar-refractivity contribution in [3.63, 3.8) is 0 Å². The van der Waals surface area contributed by atoms with Crippen LogP contribution in [0.5, 0.6) is 0 Å². The Labute approximate surface area is 210 Å². The lowest BCUT2D eigenvalue weighted by Gasteiger charge is -2.28. The van der Waals surface area contributed by atoms with E-state index < -0.39 is 11.7 Å². The van der Waals surface area contributed by atoms with E-state index in [2.05, 4.69) is 27.8 Å². The molecule has 0 radical (unpaired) electrons. The van der Waals surface area contributed by atoms with E-state index in [0.717, 1.165) is 37.1 Å². The van der Waals surface area contributed by atoms with Gasteiger partial charge in [0.25, 0.3) is 0 Å². The molecule has 1 aliphatic heterocycles. The molecule has 3 aromatic rings. The van der Waals surface area contributed by atoms with E-state index in [1.807, 2.05) is 39.0 Å². The van der Waals surface area contributed by atoms with Crippen molar-refractivity contribution in [1.29, 1.82) is 5.26 Å². The van der Waals surface area contributed by atoms with Crippen LogP contribution in [0.3, 0.4) is 0 Å². The van der Waals surface area contributed by atoms with Crippen molar-refractivity contribution in [1.82, 2.24) is 19.4 Å².